The van der Waals surface area contributed by atoms with Gasteiger partial charge in [0.2, 0.25) is 0 Å². The molecule has 2 rings (SSSR count). The van der Waals surface area contributed by atoms with E-state index in [-0.39, 0.29) is 0 Å². The molecule has 1 aromatic rings. The Morgan fingerprint density at radius 3 is 2.17 bits per heavy atom. The zero-order valence-corrected chi connectivity index (χ0v) is 17.9. The summed E-state index contributed by atoms with van der Waals surface area (Å²) < 4.78 is 0. The third-order valence-corrected chi connectivity index (χ3v) is 5.17. The number of rotatable bonds is 8. The molecule has 1 aromatic carbocycles. The number of nitrogens with one attached hydrogen (secondary N) is 1. The van der Waals surface area contributed by atoms with Crippen LogP contribution in [-0.2, 0) is 16.1 Å². The Morgan fingerprint density at radius 1 is 1.17 bits per heavy atom. The highest BCUT2D eigenvalue weighted by molar-refractivity contribution is 6.35. The molecular weight excluding hydrogens is 423 g/mol. The summed E-state index contributed by atoms with van der Waals surface area (Å²) in [6.45, 7) is 8.79. The van der Waals surface area contributed by atoms with Crippen molar-refractivity contribution < 1.29 is 30.0 Å². The largest absolute Gasteiger partial charge is 0.479 e. The Balaban J connectivity index is 0.000000359. The maximum atomic E-state index is 9.77. The van der Waals surface area contributed by atoms with Gasteiger partial charge in [0.25, 0.3) is 0 Å². The SMILES string of the molecule is CC(C)N(Cc1ccc(Cl)cc1Cl)C[C@H]1CCNC1.O=C(O)C(O)C(O)C(=O)O. The lowest BCUT2D eigenvalue weighted by Crippen LogP contribution is -2.39. The number of nitrogens with zero attached hydrogens (tertiary/aromatic N) is 1. The molecule has 0 aliphatic carbocycles. The summed E-state index contributed by atoms with van der Waals surface area (Å²) in [6, 6.07) is 6.30. The molecule has 0 radical (unpaired) electrons. The number of aliphatic hydroxyl groups is 2. The van der Waals surface area contributed by atoms with Crippen LogP contribution in [0.2, 0.25) is 10.0 Å². The van der Waals surface area contributed by atoms with Gasteiger partial charge in [0.1, 0.15) is 0 Å². The smallest absolute Gasteiger partial charge is 0.335 e. The number of carboxylic acid groups (broad SMARTS) is 2. The molecule has 2 unspecified atom stereocenters. The molecule has 0 saturated carbocycles. The van der Waals surface area contributed by atoms with E-state index in [9.17, 15) is 9.59 Å². The number of carboxylic acids is 2. The lowest BCUT2D eigenvalue weighted by atomic mass is 10.1. The Hall–Kier alpha value is -1.42. The molecular formula is C19H28Cl2N2O6. The van der Waals surface area contributed by atoms with Gasteiger partial charge >= 0.3 is 11.9 Å². The van der Waals surface area contributed by atoms with E-state index in [0.717, 1.165) is 42.7 Å². The van der Waals surface area contributed by atoms with Crippen LogP contribution in [0.1, 0.15) is 25.8 Å². The molecule has 29 heavy (non-hydrogen) atoms. The van der Waals surface area contributed by atoms with E-state index in [0.29, 0.717) is 11.1 Å². The minimum absolute atomic E-state index is 0.521. The molecule has 0 amide bonds. The predicted molar refractivity (Wildman–Crippen MR) is 110 cm³/mol. The van der Waals surface area contributed by atoms with Crippen molar-refractivity contribution in [1.82, 2.24) is 10.2 Å². The summed E-state index contributed by atoms with van der Waals surface area (Å²) in [5.74, 6) is -2.78. The Morgan fingerprint density at radius 2 is 1.76 bits per heavy atom. The zero-order chi connectivity index (χ0) is 22.1. The van der Waals surface area contributed by atoms with E-state index >= 15 is 0 Å². The van der Waals surface area contributed by atoms with Crippen LogP contribution in [0.15, 0.2) is 18.2 Å². The van der Waals surface area contributed by atoms with Crippen LogP contribution in [0.3, 0.4) is 0 Å². The summed E-state index contributed by atoms with van der Waals surface area (Å²) in [5, 5.41) is 37.4. The van der Waals surface area contributed by atoms with E-state index < -0.39 is 24.1 Å². The maximum absolute atomic E-state index is 9.77. The molecule has 0 bridgehead atoms. The average Bonchev–Trinajstić information content (AvgIpc) is 3.15. The highest BCUT2D eigenvalue weighted by Gasteiger charge is 2.29. The van der Waals surface area contributed by atoms with Crippen LogP contribution in [0, 0.1) is 5.92 Å². The van der Waals surface area contributed by atoms with Crippen LogP contribution in [0.4, 0.5) is 0 Å². The third-order valence-electron chi connectivity index (χ3n) is 4.58. The van der Waals surface area contributed by atoms with Crippen molar-refractivity contribution in [3.8, 4) is 0 Å². The number of benzene rings is 1. The van der Waals surface area contributed by atoms with Crippen LogP contribution in [-0.4, -0.2) is 75.1 Å². The standard InChI is InChI=1S/C15H22Cl2N2.C4H6O6/c1-11(2)19(9-12-5-6-18-8-12)10-13-3-4-14(16)7-15(13)17;5-1(3(7)8)2(6)4(9)10/h3-4,7,11-12,18H,5-6,8-10H2,1-2H3;1-2,5-6H,(H,7,8)(H,9,10)/t12-;/m0./s1. The molecule has 1 saturated heterocycles. The molecule has 164 valence electrons. The Labute approximate surface area is 180 Å². The summed E-state index contributed by atoms with van der Waals surface area (Å²) >= 11 is 12.2. The van der Waals surface area contributed by atoms with Crippen LogP contribution in [0.5, 0.6) is 0 Å². The Kier molecular flexibility index (Phi) is 10.9. The van der Waals surface area contributed by atoms with Crippen molar-refractivity contribution in [3.63, 3.8) is 0 Å². The van der Waals surface area contributed by atoms with E-state index in [1.54, 1.807) is 0 Å². The second-order valence-corrected chi connectivity index (χ2v) is 8.03. The molecule has 8 nitrogen and oxygen atoms in total. The second kappa shape index (κ2) is 12.3. The lowest BCUT2D eigenvalue weighted by molar-refractivity contribution is -0.165. The summed E-state index contributed by atoms with van der Waals surface area (Å²) in [4.78, 5) is 22.0. The molecule has 5 N–H and O–H groups in total. The number of hydrogen-bond donors (Lipinski definition) is 5. The predicted octanol–water partition coefficient (Wildman–Crippen LogP) is 1.69. The van der Waals surface area contributed by atoms with Gasteiger partial charge in [-0.1, -0.05) is 29.3 Å². The first kappa shape index (κ1) is 25.6. The molecule has 1 aliphatic heterocycles. The van der Waals surface area contributed by atoms with Crippen LogP contribution in [0.25, 0.3) is 0 Å². The van der Waals surface area contributed by atoms with Crippen molar-refractivity contribution >= 4 is 35.1 Å². The van der Waals surface area contributed by atoms with Gasteiger partial charge in [-0.2, -0.15) is 0 Å². The van der Waals surface area contributed by atoms with Crippen molar-refractivity contribution in [2.75, 3.05) is 19.6 Å². The van der Waals surface area contributed by atoms with Gasteiger partial charge in [0, 0.05) is 29.2 Å². The first-order valence-electron chi connectivity index (χ1n) is 9.23. The van der Waals surface area contributed by atoms with Gasteiger partial charge in [-0.3, -0.25) is 4.90 Å². The number of hydrogen-bond acceptors (Lipinski definition) is 6. The summed E-state index contributed by atoms with van der Waals surface area (Å²) in [6.07, 6.45) is -3.26. The Bertz CT molecular complexity index is 665. The minimum atomic E-state index is -2.27. The van der Waals surface area contributed by atoms with Crippen molar-refractivity contribution in [2.45, 2.75) is 45.1 Å². The molecule has 1 heterocycles. The molecule has 3 atom stereocenters. The minimum Gasteiger partial charge on any atom is -0.479 e. The van der Waals surface area contributed by atoms with Crippen molar-refractivity contribution in [3.05, 3.63) is 33.8 Å². The van der Waals surface area contributed by atoms with Crippen LogP contribution >= 0.6 is 23.2 Å². The molecule has 1 aliphatic rings. The highest BCUT2D eigenvalue weighted by atomic mass is 35.5. The molecule has 0 spiro atoms. The number of carbonyl (C=O) groups is 2. The fourth-order valence-electron chi connectivity index (χ4n) is 2.80. The number of aliphatic hydroxyl groups excluding tert-OH is 2. The van der Waals surface area contributed by atoms with Gasteiger partial charge in [-0.15, -0.1) is 0 Å². The van der Waals surface area contributed by atoms with Gasteiger partial charge in [-0.25, -0.2) is 9.59 Å². The van der Waals surface area contributed by atoms with Gasteiger partial charge in [-0.05, 0) is 57.0 Å². The first-order chi connectivity index (χ1) is 13.5. The lowest BCUT2D eigenvalue weighted by Gasteiger charge is -2.29. The summed E-state index contributed by atoms with van der Waals surface area (Å²) in [7, 11) is 0. The highest BCUT2D eigenvalue weighted by Crippen LogP contribution is 2.24. The summed E-state index contributed by atoms with van der Waals surface area (Å²) in [5.41, 5.74) is 1.16. The fourth-order valence-corrected chi connectivity index (χ4v) is 3.27. The average molecular weight is 451 g/mol. The molecule has 1 fully saturated rings. The number of aliphatic carboxylic acids is 2. The van der Waals surface area contributed by atoms with E-state index in [1.165, 1.54) is 6.42 Å². The van der Waals surface area contributed by atoms with Gasteiger partial charge in [0.05, 0.1) is 0 Å². The van der Waals surface area contributed by atoms with E-state index in [4.69, 9.17) is 43.6 Å². The van der Waals surface area contributed by atoms with Gasteiger partial charge < -0.3 is 25.7 Å². The van der Waals surface area contributed by atoms with E-state index in [1.807, 2.05) is 18.2 Å². The second-order valence-electron chi connectivity index (χ2n) is 7.18. The topological polar surface area (TPSA) is 130 Å². The zero-order valence-electron chi connectivity index (χ0n) is 16.4. The molecule has 0 aromatic heterocycles. The third kappa shape index (κ3) is 8.86. The molecule has 10 heteroatoms. The number of halogens is 2. The maximum Gasteiger partial charge on any atom is 0.335 e. The van der Waals surface area contributed by atoms with E-state index in [2.05, 4.69) is 24.1 Å². The normalized spacial score (nSPS) is 18.3. The fraction of sp³-hybridized carbons (Fsp3) is 0.579. The van der Waals surface area contributed by atoms with Gasteiger partial charge in [0.15, 0.2) is 12.2 Å². The monoisotopic (exact) mass is 450 g/mol. The van der Waals surface area contributed by atoms with Crippen molar-refractivity contribution in [2.24, 2.45) is 5.92 Å². The van der Waals surface area contributed by atoms with Crippen molar-refractivity contribution in [1.29, 1.82) is 0 Å². The van der Waals surface area contributed by atoms with Crippen LogP contribution < -0.4 is 5.32 Å². The quantitative estimate of drug-likeness (QED) is 0.404. The first-order valence-corrected chi connectivity index (χ1v) is 9.99.